The Kier molecular flexibility index (Phi) is 4.91. The van der Waals surface area contributed by atoms with Gasteiger partial charge in [0.05, 0.1) is 5.56 Å². The molecule has 104 valence electrons. The van der Waals surface area contributed by atoms with E-state index in [9.17, 15) is 4.79 Å². The number of aromatic carboxylic acids is 1. The fourth-order valence-corrected chi connectivity index (χ4v) is 2.21. The minimum absolute atomic E-state index is 0.368. The van der Waals surface area contributed by atoms with Gasteiger partial charge in [-0.1, -0.05) is 55.5 Å². The van der Waals surface area contributed by atoms with Crippen LogP contribution in [0.3, 0.4) is 0 Å². The minimum atomic E-state index is -0.876. The molecule has 0 saturated heterocycles. The summed E-state index contributed by atoms with van der Waals surface area (Å²) in [5.74, 6) is -0.480. The van der Waals surface area contributed by atoms with E-state index in [2.05, 4.69) is 24.4 Å². The fourth-order valence-electron chi connectivity index (χ4n) is 2.21. The average molecular weight is 269 g/mol. The molecule has 2 N–H and O–H groups in total. The molecule has 0 aliphatic carbocycles. The molecule has 2 rings (SSSR count). The lowest BCUT2D eigenvalue weighted by Gasteiger charge is -2.13. The van der Waals surface area contributed by atoms with Crippen molar-refractivity contribution in [3.63, 3.8) is 0 Å². The lowest BCUT2D eigenvalue weighted by Crippen LogP contribution is -2.21. The van der Waals surface area contributed by atoms with Crippen LogP contribution in [0.25, 0.3) is 0 Å². The van der Waals surface area contributed by atoms with Crippen LogP contribution in [0, 0.1) is 0 Å². The highest BCUT2D eigenvalue weighted by molar-refractivity contribution is 5.89. The number of carboxylic acids is 1. The molecule has 3 heteroatoms. The number of rotatable bonds is 6. The second kappa shape index (κ2) is 6.87. The Labute approximate surface area is 119 Å². The van der Waals surface area contributed by atoms with E-state index < -0.39 is 5.97 Å². The van der Waals surface area contributed by atoms with Gasteiger partial charge in [-0.05, 0) is 23.1 Å². The number of carboxylic acid groups (broad SMARTS) is 1. The molecule has 0 bridgehead atoms. The van der Waals surface area contributed by atoms with Crippen molar-refractivity contribution >= 4 is 5.97 Å². The zero-order chi connectivity index (χ0) is 14.4. The quantitative estimate of drug-likeness (QED) is 0.846. The van der Waals surface area contributed by atoms with Gasteiger partial charge < -0.3 is 10.4 Å². The monoisotopic (exact) mass is 269 g/mol. The minimum Gasteiger partial charge on any atom is -0.478 e. The van der Waals surface area contributed by atoms with Gasteiger partial charge in [-0.15, -0.1) is 0 Å². The van der Waals surface area contributed by atoms with Crippen LogP contribution in [0.5, 0.6) is 0 Å². The normalized spacial score (nSPS) is 12.1. The summed E-state index contributed by atoms with van der Waals surface area (Å²) < 4.78 is 0. The van der Waals surface area contributed by atoms with Crippen molar-refractivity contribution in [1.29, 1.82) is 0 Å². The number of hydrogen-bond acceptors (Lipinski definition) is 2. The van der Waals surface area contributed by atoms with E-state index in [1.807, 2.05) is 30.3 Å². The molecule has 1 unspecified atom stereocenters. The number of hydrogen-bond donors (Lipinski definition) is 2. The zero-order valence-electron chi connectivity index (χ0n) is 11.5. The van der Waals surface area contributed by atoms with Crippen LogP contribution < -0.4 is 5.32 Å². The predicted octanol–water partition coefficient (Wildman–Crippen LogP) is 3.28. The molecule has 0 aliphatic heterocycles. The van der Waals surface area contributed by atoms with Crippen LogP contribution in [0.2, 0.25) is 0 Å². The third-order valence-electron chi connectivity index (χ3n) is 3.38. The summed E-state index contributed by atoms with van der Waals surface area (Å²) in [6.45, 7) is 3.54. The van der Waals surface area contributed by atoms with Gasteiger partial charge in [0.25, 0.3) is 0 Å². The van der Waals surface area contributed by atoms with Gasteiger partial charge in [-0.3, -0.25) is 0 Å². The average Bonchev–Trinajstić information content (AvgIpc) is 2.48. The summed E-state index contributed by atoms with van der Waals surface area (Å²) in [6.07, 6.45) is 0. The van der Waals surface area contributed by atoms with E-state index in [1.165, 1.54) is 5.56 Å². The molecular formula is C17H19NO2. The molecule has 0 fully saturated rings. The Hall–Kier alpha value is -2.13. The highest BCUT2D eigenvalue weighted by Gasteiger charge is 2.09. The molecule has 0 radical (unpaired) electrons. The maximum absolute atomic E-state index is 11.1. The van der Waals surface area contributed by atoms with Crippen LogP contribution in [-0.4, -0.2) is 17.6 Å². The Morgan fingerprint density at radius 3 is 2.45 bits per heavy atom. The van der Waals surface area contributed by atoms with Crippen LogP contribution in [0.1, 0.15) is 34.3 Å². The molecule has 0 aromatic heterocycles. The van der Waals surface area contributed by atoms with Gasteiger partial charge in [0, 0.05) is 13.1 Å². The summed E-state index contributed by atoms with van der Waals surface area (Å²) in [7, 11) is 0. The van der Waals surface area contributed by atoms with E-state index in [0.717, 1.165) is 12.1 Å². The van der Waals surface area contributed by atoms with Gasteiger partial charge in [0.1, 0.15) is 0 Å². The zero-order valence-corrected chi connectivity index (χ0v) is 11.5. The van der Waals surface area contributed by atoms with Gasteiger partial charge in [0.2, 0.25) is 0 Å². The molecule has 0 aliphatic rings. The maximum atomic E-state index is 11.1. The fraction of sp³-hybridized carbons (Fsp3) is 0.235. The van der Waals surface area contributed by atoms with E-state index in [1.54, 1.807) is 12.1 Å². The predicted molar refractivity (Wildman–Crippen MR) is 80.0 cm³/mol. The highest BCUT2D eigenvalue weighted by atomic mass is 16.4. The molecule has 0 saturated carbocycles. The summed E-state index contributed by atoms with van der Waals surface area (Å²) in [4.78, 5) is 11.1. The Balaban J connectivity index is 1.92. The summed E-state index contributed by atoms with van der Waals surface area (Å²) in [6, 6.07) is 17.4. The standard InChI is InChI=1S/C17H19NO2/c1-13(14-7-3-2-4-8-14)11-18-12-15-9-5-6-10-16(15)17(19)20/h2-10,13,18H,11-12H2,1H3,(H,19,20). The van der Waals surface area contributed by atoms with Crippen molar-refractivity contribution in [2.24, 2.45) is 0 Å². The highest BCUT2D eigenvalue weighted by Crippen LogP contribution is 2.14. The molecular weight excluding hydrogens is 250 g/mol. The summed E-state index contributed by atoms with van der Waals surface area (Å²) in [5, 5.41) is 12.5. The van der Waals surface area contributed by atoms with Gasteiger partial charge >= 0.3 is 5.97 Å². The first-order valence-electron chi connectivity index (χ1n) is 6.75. The number of nitrogens with one attached hydrogen (secondary N) is 1. The third kappa shape index (κ3) is 3.68. The van der Waals surface area contributed by atoms with Gasteiger partial charge in [-0.25, -0.2) is 4.79 Å². The SMILES string of the molecule is CC(CNCc1ccccc1C(=O)O)c1ccccc1. The molecule has 2 aromatic carbocycles. The largest absolute Gasteiger partial charge is 0.478 e. The van der Waals surface area contributed by atoms with E-state index in [-0.39, 0.29) is 0 Å². The maximum Gasteiger partial charge on any atom is 0.336 e. The topological polar surface area (TPSA) is 49.3 Å². The van der Waals surface area contributed by atoms with Crippen molar-refractivity contribution in [3.8, 4) is 0 Å². The summed E-state index contributed by atoms with van der Waals surface area (Å²) >= 11 is 0. The number of benzene rings is 2. The first kappa shape index (κ1) is 14.3. The van der Waals surface area contributed by atoms with Crippen LogP contribution in [0.4, 0.5) is 0 Å². The molecule has 1 atom stereocenters. The lowest BCUT2D eigenvalue weighted by molar-refractivity contribution is 0.0695. The molecule has 0 heterocycles. The van der Waals surface area contributed by atoms with E-state index in [0.29, 0.717) is 18.0 Å². The molecule has 0 amide bonds. The van der Waals surface area contributed by atoms with Crippen LogP contribution >= 0.6 is 0 Å². The van der Waals surface area contributed by atoms with Gasteiger partial charge in [-0.2, -0.15) is 0 Å². The van der Waals surface area contributed by atoms with Crippen molar-refractivity contribution in [1.82, 2.24) is 5.32 Å². The molecule has 2 aromatic rings. The second-order valence-corrected chi connectivity index (χ2v) is 4.90. The van der Waals surface area contributed by atoms with Crippen molar-refractivity contribution in [2.75, 3.05) is 6.54 Å². The first-order valence-corrected chi connectivity index (χ1v) is 6.75. The van der Waals surface area contributed by atoms with Crippen LogP contribution in [0.15, 0.2) is 54.6 Å². The Morgan fingerprint density at radius 2 is 1.75 bits per heavy atom. The smallest absolute Gasteiger partial charge is 0.336 e. The summed E-state index contributed by atoms with van der Waals surface area (Å²) in [5.41, 5.74) is 2.47. The van der Waals surface area contributed by atoms with Crippen LogP contribution in [-0.2, 0) is 6.54 Å². The molecule has 0 spiro atoms. The van der Waals surface area contributed by atoms with Crippen molar-refractivity contribution in [2.45, 2.75) is 19.4 Å². The van der Waals surface area contributed by atoms with E-state index in [4.69, 9.17) is 5.11 Å². The van der Waals surface area contributed by atoms with Crippen molar-refractivity contribution in [3.05, 3.63) is 71.3 Å². The molecule has 3 nitrogen and oxygen atoms in total. The second-order valence-electron chi connectivity index (χ2n) is 4.90. The van der Waals surface area contributed by atoms with E-state index >= 15 is 0 Å². The Bertz CT molecular complexity index is 566. The van der Waals surface area contributed by atoms with Gasteiger partial charge in [0.15, 0.2) is 0 Å². The van der Waals surface area contributed by atoms with Crippen molar-refractivity contribution < 1.29 is 9.90 Å². The Morgan fingerprint density at radius 1 is 1.10 bits per heavy atom. The number of carbonyl (C=O) groups is 1. The third-order valence-corrected chi connectivity index (χ3v) is 3.38. The molecule has 20 heavy (non-hydrogen) atoms. The lowest BCUT2D eigenvalue weighted by atomic mass is 10.0. The first-order chi connectivity index (χ1) is 9.68.